The fourth-order valence-electron chi connectivity index (χ4n) is 6.66. The minimum absolute atomic E-state index is 0. The molecule has 2 atom stereocenters. The number of sulfone groups is 1. The van der Waals surface area contributed by atoms with Crippen LogP contribution >= 0.6 is 35.6 Å². The summed E-state index contributed by atoms with van der Waals surface area (Å²) >= 11 is 12.6. The highest BCUT2D eigenvalue weighted by molar-refractivity contribution is 7.90. The predicted molar refractivity (Wildman–Crippen MR) is 203 cm³/mol. The van der Waals surface area contributed by atoms with E-state index in [9.17, 15) is 21.6 Å². The largest absolute Gasteiger partial charge is 0.493 e. The Hall–Kier alpha value is -2.91. The molecule has 11 nitrogen and oxygen atoms in total. The van der Waals surface area contributed by atoms with Crippen LogP contribution < -0.4 is 4.74 Å². The van der Waals surface area contributed by atoms with Gasteiger partial charge in [-0.05, 0) is 67.3 Å². The number of piperazine rings is 1. The van der Waals surface area contributed by atoms with Crippen molar-refractivity contribution in [2.24, 2.45) is 4.99 Å². The number of hydrogen-bond acceptors (Lipinski definition) is 8. The van der Waals surface area contributed by atoms with Crippen LogP contribution in [0.4, 0.5) is 4.79 Å². The number of hydrogen-bond donors (Lipinski definition) is 0. The highest BCUT2D eigenvalue weighted by Gasteiger charge is 2.45. The molecule has 3 aromatic carbocycles. The second kappa shape index (κ2) is 16.4. The molecule has 3 aromatic rings. The van der Waals surface area contributed by atoms with Crippen molar-refractivity contribution in [3.8, 4) is 5.75 Å². The Kier molecular flexibility index (Phi) is 12.6. The maximum absolute atomic E-state index is 14.8. The van der Waals surface area contributed by atoms with Crippen LogP contribution in [0.1, 0.15) is 48.5 Å². The second-order valence-electron chi connectivity index (χ2n) is 12.8. The molecule has 0 aromatic heterocycles. The highest BCUT2D eigenvalue weighted by atomic mass is 35.5. The highest BCUT2D eigenvalue weighted by Crippen LogP contribution is 2.46. The number of amidine groups is 1. The molecular weight excluding hydrogens is 757 g/mol. The van der Waals surface area contributed by atoms with E-state index in [0.29, 0.717) is 73.0 Å². The zero-order valence-corrected chi connectivity index (χ0v) is 32.4. The van der Waals surface area contributed by atoms with E-state index in [0.717, 1.165) is 24.0 Å². The zero-order valence-electron chi connectivity index (χ0n) is 28.4. The standard InChI is InChI=1S/C35H41Cl2N5O6S2.ClH/c1-3-48-31-24-29(50(46,47)41-16-4-5-17-41)14-15-30(31)34-38-32(25-6-10-27(36)11-7-25)33(26-8-12-28(37)13-9-26)42(34)35(43)40-20-18-39(19-21-40)22-23-49(2,44)45;/h6-15,24,32-33H,3-5,16-23H2,1-2H3;1H/t32-,33+;/m0./s1. The first-order valence-electron chi connectivity index (χ1n) is 16.7. The number of aliphatic imine (C=N–C) groups is 1. The Bertz CT molecular complexity index is 1950. The van der Waals surface area contributed by atoms with Crippen molar-refractivity contribution < 1.29 is 26.4 Å². The average Bonchev–Trinajstić information content (AvgIpc) is 3.78. The summed E-state index contributed by atoms with van der Waals surface area (Å²) in [5, 5.41) is 1.11. The summed E-state index contributed by atoms with van der Waals surface area (Å²) in [5.74, 6) is 0.708. The first kappa shape index (κ1) is 39.3. The molecule has 0 aliphatic carbocycles. The summed E-state index contributed by atoms with van der Waals surface area (Å²) in [5.41, 5.74) is 2.13. The van der Waals surface area contributed by atoms with Gasteiger partial charge in [-0.2, -0.15) is 4.31 Å². The molecule has 2 amide bonds. The van der Waals surface area contributed by atoms with Gasteiger partial charge >= 0.3 is 6.03 Å². The van der Waals surface area contributed by atoms with Crippen LogP contribution in [0.5, 0.6) is 5.75 Å². The molecule has 16 heteroatoms. The first-order valence-corrected chi connectivity index (χ1v) is 21.0. The number of carbonyl (C=O) groups excluding carboxylic acids is 1. The molecule has 0 bridgehead atoms. The summed E-state index contributed by atoms with van der Waals surface area (Å²) < 4.78 is 58.3. The number of benzene rings is 3. The van der Waals surface area contributed by atoms with Crippen molar-refractivity contribution >= 4 is 67.3 Å². The first-order chi connectivity index (χ1) is 23.9. The minimum Gasteiger partial charge on any atom is -0.493 e. The summed E-state index contributed by atoms with van der Waals surface area (Å²) in [6.07, 6.45) is 2.85. The number of urea groups is 1. The lowest BCUT2D eigenvalue weighted by Crippen LogP contribution is -2.54. The van der Waals surface area contributed by atoms with E-state index in [-0.39, 0.29) is 35.7 Å². The number of carbonyl (C=O) groups is 1. The van der Waals surface area contributed by atoms with Gasteiger partial charge in [-0.1, -0.05) is 47.5 Å². The van der Waals surface area contributed by atoms with Gasteiger partial charge in [-0.25, -0.2) is 21.6 Å². The number of rotatable bonds is 10. The van der Waals surface area contributed by atoms with Crippen LogP contribution in [-0.4, -0.2) is 112 Å². The third-order valence-corrected chi connectivity index (χ3v) is 12.6. The van der Waals surface area contributed by atoms with Gasteiger partial charge in [0.05, 0.1) is 28.9 Å². The molecule has 0 saturated carbocycles. The molecule has 0 N–H and O–H groups in total. The fraction of sp³-hybridized carbons (Fsp3) is 0.429. The number of ether oxygens (including phenoxy) is 1. The summed E-state index contributed by atoms with van der Waals surface area (Å²) in [6.45, 7) is 5.22. The normalized spacial score (nSPS) is 20.3. The molecule has 0 unspecified atom stereocenters. The molecule has 3 aliphatic heterocycles. The summed E-state index contributed by atoms with van der Waals surface area (Å²) in [4.78, 5) is 25.7. The van der Waals surface area contributed by atoms with Gasteiger partial charge in [0, 0.05) is 68.2 Å². The Morgan fingerprint density at radius 3 is 2.00 bits per heavy atom. The zero-order chi connectivity index (χ0) is 35.6. The van der Waals surface area contributed by atoms with Crippen molar-refractivity contribution in [2.75, 3.05) is 64.4 Å². The number of amides is 2. The van der Waals surface area contributed by atoms with Gasteiger partial charge in [0.25, 0.3) is 0 Å². The van der Waals surface area contributed by atoms with Crippen molar-refractivity contribution in [1.82, 2.24) is 19.0 Å². The van der Waals surface area contributed by atoms with Crippen LogP contribution in [0.15, 0.2) is 76.6 Å². The quantitative estimate of drug-likeness (QED) is 0.250. The van der Waals surface area contributed by atoms with Crippen LogP contribution in [-0.2, 0) is 19.9 Å². The molecule has 6 rings (SSSR count). The van der Waals surface area contributed by atoms with E-state index >= 15 is 0 Å². The molecule has 51 heavy (non-hydrogen) atoms. The van der Waals surface area contributed by atoms with Gasteiger partial charge in [0.15, 0.2) is 0 Å². The Morgan fingerprint density at radius 1 is 0.843 bits per heavy atom. The van der Waals surface area contributed by atoms with Crippen molar-refractivity contribution in [1.29, 1.82) is 0 Å². The van der Waals surface area contributed by atoms with Crippen molar-refractivity contribution in [2.45, 2.75) is 36.7 Å². The van der Waals surface area contributed by atoms with Gasteiger partial charge in [0.2, 0.25) is 10.0 Å². The third-order valence-electron chi connectivity index (χ3n) is 9.31. The summed E-state index contributed by atoms with van der Waals surface area (Å²) in [6, 6.07) is 18.0. The lowest BCUT2D eigenvalue weighted by Gasteiger charge is -2.39. The van der Waals surface area contributed by atoms with Gasteiger partial charge in [-0.15, -0.1) is 12.4 Å². The molecule has 276 valence electrons. The number of halogens is 3. The second-order valence-corrected chi connectivity index (χ2v) is 17.8. The average molecular weight is 799 g/mol. The van der Waals surface area contributed by atoms with E-state index in [4.69, 9.17) is 32.9 Å². The van der Waals surface area contributed by atoms with E-state index in [1.807, 2.05) is 36.1 Å². The van der Waals surface area contributed by atoms with Crippen LogP contribution in [0.3, 0.4) is 0 Å². The molecule has 0 radical (unpaired) electrons. The SMILES string of the molecule is CCOc1cc(S(=O)(=O)N2CCCC2)ccc1C1=N[C@@H](c2ccc(Cl)cc2)[C@@H](c2ccc(Cl)cc2)N1C(=O)N1CCN(CCS(C)(=O)=O)CC1.Cl. The van der Waals surface area contributed by atoms with Crippen LogP contribution in [0.2, 0.25) is 10.0 Å². The molecule has 0 spiro atoms. The summed E-state index contributed by atoms with van der Waals surface area (Å²) in [7, 11) is -6.87. The fourth-order valence-corrected chi connectivity index (χ4v) is 9.04. The molecule has 3 aliphatic rings. The predicted octanol–water partition coefficient (Wildman–Crippen LogP) is 5.93. The lowest BCUT2D eigenvalue weighted by molar-refractivity contribution is 0.122. The lowest BCUT2D eigenvalue weighted by atomic mass is 9.93. The monoisotopic (exact) mass is 797 g/mol. The van der Waals surface area contributed by atoms with E-state index in [2.05, 4.69) is 0 Å². The smallest absolute Gasteiger partial charge is 0.326 e. The van der Waals surface area contributed by atoms with E-state index in [1.165, 1.54) is 16.6 Å². The molecule has 2 saturated heterocycles. The van der Waals surface area contributed by atoms with E-state index < -0.39 is 31.9 Å². The van der Waals surface area contributed by atoms with Gasteiger partial charge in [0.1, 0.15) is 27.5 Å². The maximum Gasteiger partial charge on any atom is 0.326 e. The Labute approximate surface area is 316 Å². The van der Waals surface area contributed by atoms with E-state index in [1.54, 1.807) is 46.2 Å². The molecule has 2 fully saturated rings. The molecule has 3 heterocycles. The van der Waals surface area contributed by atoms with Crippen molar-refractivity contribution in [3.05, 3.63) is 93.5 Å². The maximum atomic E-state index is 14.8. The Morgan fingerprint density at radius 2 is 1.43 bits per heavy atom. The van der Waals surface area contributed by atoms with Crippen LogP contribution in [0, 0.1) is 0 Å². The van der Waals surface area contributed by atoms with Gasteiger partial charge < -0.3 is 9.64 Å². The van der Waals surface area contributed by atoms with Gasteiger partial charge in [-0.3, -0.25) is 14.8 Å². The number of nitrogens with zero attached hydrogens (tertiary/aromatic N) is 5. The Balaban J connectivity index is 0.00000504. The topological polar surface area (TPSA) is 120 Å². The van der Waals surface area contributed by atoms with Crippen LogP contribution in [0.25, 0.3) is 0 Å². The third kappa shape index (κ3) is 8.84. The number of sulfonamides is 1. The minimum atomic E-state index is -3.74. The molecular formula is C35H42Cl3N5O6S2. The van der Waals surface area contributed by atoms with Crippen molar-refractivity contribution in [3.63, 3.8) is 0 Å².